The van der Waals surface area contributed by atoms with Crippen molar-refractivity contribution in [1.82, 2.24) is 9.38 Å². The highest BCUT2D eigenvalue weighted by atomic mass is 79.9. The molecule has 0 fully saturated rings. The lowest BCUT2D eigenvalue weighted by Crippen LogP contribution is -1.97. The molecule has 0 bridgehead atoms. The molecule has 3 nitrogen and oxygen atoms in total. The summed E-state index contributed by atoms with van der Waals surface area (Å²) >= 11 is 5.34. The number of nitrogens with two attached hydrogens (primary N) is 1. The highest BCUT2D eigenvalue weighted by molar-refractivity contribution is 9.10. The fraction of sp³-hybridized carbons (Fsp3) is 0.417. The van der Waals surface area contributed by atoms with Crippen LogP contribution in [-0.4, -0.2) is 21.4 Å². The van der Waals surface area contributed by atoms with Crippen LogP contribution in [0.2, 0.25) is 0 Å². The molecule has 0 saturated carbocycles. The Kier molecular flexibility index (Phi) is 3.99. The van der Waals surface area contributed by atoms with Gasteiger partial charge < -0.3 is 5.73 Å². The van der Waals surface area contributed by atoms with Crippen LogP contribution in [0.15, 0.2) is 16.7 Å². The number of nitrogens with zero attached hydrogens (tertiary/aromatic N) is 2. The largest absolute Gasteiger partial charge is 0.383 e. The second kappa shape index (κ2) is 5.31. The standard InChI is InChI=1S/C12H16BrN3S/c1-8-6-9(13)7-16-11(14)10(15-12(8)16)4-3-5-17-2/h6-7H,3-5,14H2,1-2H3. The van der Waals surface area contributed by atoms with Crippen molar-refractivity contribution in [2.75, 3.05) is 17.7 Å². The quantitative estimate of drug-likeness (QED) is 0.881. The second-order valence-corrected chi connectivity index (χ2v) is 5.98. The van der Waals surface area contributed by atoms with Crippen LogP contribution in [0.3, 0.4) is 0 Å². The van der Waals surface area contributed by atoms with Crippen molar-refractivity contribution in [2.45, 2.75) is 19.8 Å². The number of nitrogen functional groups attached to an aromatic ring is 1. The summed E-state index contributed by atoms with van der Waals surface area (Å²) in [6, 6.07) is 2.06. The van der Waals surface area contributed by atoms with Crippen molar-refractivity contribution in [3.63, 3.8) is 0 Å². The maximum absolute atomic E-state index is 6.13. The normalized spacial score (nSPS) is 11.2. The van der Waals surface area contributed by atoms with Crippen LogP contribution in [0.25, 0.3) is 5.65 Å². The van der Waals surface area contributed by atoms with Gasteiger partial charge in [0.25, 0.3) is 0 Å². The van der Waals surface area contributed by atoms with Gasteiger partial charge in [-0.15, -0.1) is 0 Å². The van der Waals surface area contributed by atoms with E-state index in [2.05, 4.69) is 40.2 Å². The first-order valence-corrected chi connectivity index (χ1v) is 7.73. The topological polar surface area (TPSA) is 43.3 Å². The van der Waals surface area contributed by atoms with Crippen LogP contribution in [0.1, 0.15) is 17.7 Å². The Morgan fingerprint density at radius 1 is 1.53 bits per heavy atom. The molecule has 2 aromatic heterocycles. The van der Waals surface area contributed by atoms with Gasteiger partial charge in [0.2, 0.25) is 0 Å². The van der Waals surface area contributed by atoms with E-state index < -0.39 is 0 Å². The zero-order valence-corrected chi connectivity index (χ0v) is 12.4. The third-order valence-electron chi connectivity index (χ3n) is 2.75. The molecule has 5 heteroatoms. The molecule has 0 aromatic carbocycles. The molecule has 2 N–H and O–H groups in total. The van der Waals surface area contributed by atoms with Gasteiger partial charge in [-0.2, -0.15) is 11.8 Å². The smallest absolute Gasteiger partial charge is 0.141 e. The van der Waals surface area contributed by atoms with Crippen molar-refractivity contribution >= 4 is 39.2 Å². The molecule has 0 amide bonds. The SMILES string of the molecule is CSCCCc1nc2c(C)cc(Br)cn2c1N. The lowest BCUT2D eigenvalue weighted by atomic mass is 10.2. The van der Waals surface area contributed by atoms with Gasteiger partial charge in [-0.05, 0) is 59.3 Å². The van der Waals surface area contributed by atoms with Crippen molar-refractivity contribution in [2.24, 2.45) is 0 Å². The third kappa shape index (κ3) is 2.60. The molecule has 0 unspecified atom stereocenters. The van der Waals surface area contributed by atoms with Gasteiger partial charge in [-0.25, -0.2) is 4.98 Å². The number of pyridine rings is 1. The van der Waals surface area contributed by atoms with Crippen LogP contribution in [0.5, 0.6) is 0 Å². The summed E-state index contributed by atoms with van der Waals surface area (Å²) in [5, 5.41) is 0. The van der Waals surface area contributed by atoms with E-state index in [0.29, 0.717) is 0 Å². The molecule has 0 radical (unpaired) electrons. The fourth-order valence-electron chi connectivity index (χ4n) is 1.90. The summed E-state index contributed by atoms with van der Waals surface area (Å²) in [7, 11) is 0. The fourth-order valence-corrected chi connectivity index (χ4v) is 2.88. The van der Waals surface area contributed by atoms with Crippen LogP contribution < -0.4 is 5.73 Å². The number of fused-ring (bicyclic) bond motifs is 1. The number of imidazole rings is 1. The zero-order valence-electron chi connectivity index (χ0n) is 10.0. The Bertz CT molecular complexity index is 536. The first kappa shape index (κ1) is 12.8. The van der Waals surface area contributed by atoms with Gasteiger partial charge in [-0.3, -0.25) is 4.40 Å². The molecule has 0 aliphatic rings. The summed E-state index contributed by atoms with van der Waals surface area (Å²) in [4.78, 5) is 4.63. The Balaban J connectivity index is 2.39. The maximum Gasteiger partial charge on any atom is 0.141 e. The number of hydrogen-bond donors (Lipinski definition) is 1. The number of anilines is 1. The molecule has 0 spiro atoms. The third-order valence-corrected chi connectivity index (χ3v) is 3.88. The molecule has 92 valence electrons. The first-order chi connectivity index (χ1) is 8.13. The molecule has 2 aromatic rings. The van der Waals surface area contributed by atoms with Crippen LogP contribution in [-0.2, 0) is 6.42 Å². The van der Waals surface area contributed by atoms with Crippen molar-refractivity contribution < 1.29 is 0 Å². The molecule has 0 atom stereocenters. The van der Waals surface area contributed by atoms with E-state index in [1.54, 1.807) is 0 Å². The Labute approximate surface area is 114 Å². The molecule has 17 heavy (non-hydrogen) atoms. The number of hydrogen-bond acceptors (Lipinski definition) is 3. The van der Waals surface area contributed by atoms with Gasteiger partial charge in [0, 0.05) is 10.7 Å². The minimum absolute atomic E-state index is 0.769. The van der Waals surface area contributed by atoms with E-state index in [1.165, 1.54) is 0 Å². The van der Waals surface area contributed by atoms with Gasteiger partial charge in [0.05, 0.1) is 5.69 Å². The molecular formula is C12H16BrN3S. The molecule has 0 saturated heterocycles. The minimum Gasteiger partial charge on any atom is -0.383 e. The summed E-state index contributed by atoms with van der Waals surface area (Å²) in [5.74, 6) is 1.92. The van der Waals surface area contributed by atoms with E-state index in [4.69, 9.17) is 5.73 Å². The second-order valence-electron chi connectivity index (χ2n) is 4.08. The van der Waals surface area contributed by atoms with Crippen molar-refractivity contribution in [3.8, 4) is 0 Å². The highest BCUT2D eigenvalue weighted by Crippen LogP contribution is 2.23. The van der Waals surface area contributed by atoms with E-state index in [1.807, 2.05) is 22.4 Å². The predicted octanol–water partition coefficient (Wildman–Crippen LogP) is 3.28. The number of halogens is 1. The van der Waals surface area contributed by atoms with E-state index >= 15 is 0 Å². The van der Waals surface area contributed by atoms with Gasteiger partial charge >= 0.3 is 0 Å². The molecule has 0 aliphatic heterocycles. The number of thioether (sulfide) groups is 1. The molecular weight excluding hydrogens is 298 g/mol. The molecule has 2 rings (SSSR count). The van der Waals surface area contributed by atoms with Crippen molar-refractivity contribution in [1.29, 1.82) is 0 Å². The lowest BCUT2D eigenvalue weighted by Gasteiger charge is -2.01. The summed E-state index contributed by atoms with van der Waals surface area (Å²) in [5.41, 5.74) is 9.25. The highest BCUT2D eigenvalue weighted by Gasteiger charge is 2.11. The minimum atomic E-state index is 0.769. The van der Waals surface area contributed by atoms with Crippen LogP contribution in [0, 0.1) is 6.92 Å². The lowest BCUT2D eigenvalue weighted by molar-refractivity contribution is 0.908. The first-order valence-electron chi connectivity index (χ1n) is 5.55. The van der Waals surface area contributed by atoms with Crippen molar-refractivity contribution in [3.05, 3.63) is 28.0 Å². The van der Waals surface area contributed by atoms with Crippen LogP contribution >= 0.6 is 27.7 Å². The van der Waals surface area contributed by atoms with Gasteiger partial charge in [-0.1, -0.05) is 0 Å². The van der Waals surface area contributed by atoms with E-state index in [9.17, 15) is 0 Å². The average Bonchev–Trinajstić information content (AvgIpc) is 2.58. The maximum atomic E-state index is 6.13. The number of aromatic nitrogens is 2. The van der Waals surface area contributed by atoms with E-state index in [0.717, 1.165) is 45.8 Å². The molecule has 0 aliphatic carbocycles. The van der Waals surface area contributed by atoms with Gasteiger partial charge in [0.1, 0.15) is 11.5 Å². The summed E-state index contributed by atoms with van der Waals surface area (Å²) in [6.07, 6.45) is 6.16. The summed E-state index contributed by atoms with van der Waals surface area (Å²) in [6.45, 7) is 2.05. The Morgan fingerprint density at radius 3 is 3.00 bits per heavy atom. The predicted molar refractivity (Wildman–Crippen MR) is 78.7 cm³/mol. The van der Waals surface area contributed by atoms with Crippen LogP contribution in [0.4, 0.5) is 5.82 Å². The molecule has 2 heterocycles. The van der Waals surface area contributed by atoms with Gasteiger partial charge in [0.15, 0.2) is 0 Å². The van der Waals surface area contributed by atoms with E-state index in [-0.39, 0.29) is 0 Å². The Morgan fingerprint density at radius 2 is 2.29 bits per heavy atom. The monoisotopic (exact) mass is 313 g/mol. The Hall–Kier alpha value is -0.680. The number of aryl methyl sites for hydroxylation is 2. The number of rotatable bonds is 4. The zero-order chi connectivity index (χ0) is 12.4. The average molecular weight is 314 g/mol. The summed E-state index contributed by atoms with van der Waals surface area (Å²) < 4.78 is 3.00.